The van der Waals surface area contributed by atoms with Crippen molar-refractivity contribution in [1.82, 2.24) is 19.7 Å². The van der Waals surface area contributed by atoms with Crippen LogP contribution in [-0.4, -0.2) is 56.5 Å². The third-order valence-corrected chi connectivity index (χ3v) is 7.03. The molecule has 1 amide bonds. The van der Waals surface area contributed by atoms with Crippen molar-refractivity contribution in [3.8, 4) is 16.3 Å². The Morgan fingerprint density at radius 2 is 1.91 bits per heavy atom. The van der Waals surface area contributed by atoms with Gasteiger partial charge in [-0.05, 0) is 44.9 Å². The highest BCUT2D eigenvalue weighted by Gasteiger charge is 2.36. The van der Waals surface area contributed by atoms with Crippen LogP contribution in [0.25, 0.3) is 10.6 Å². The van der Waals surface area contributed by atoms with Crippen LogP contribution in [0.15, 0.2) is 35.3 Å². The lowest BCUT2D eigenvalue weighted by molar-refractivity contribution is 0.0497. The molecule has 0 radical (unpaired) electrons. The molecule has 34 heavy (non-hydrogen) atoms. The molecule has 0 spiro atoms. The minimum atomic E-state index is -0.659. The topological polar surface area (TPSA) is 97.6 Å². The number of aromatic nitrogens is 3. The van der Waals surface area contributed by atoms with Crippen LogP contribution in [0.2, 0.25) is 0 Å². The normalized spacial score (nSPS) is 16.7. The Hall–Kier alpha value is -3.11. The van der Waals surface area contributed by atoms with Crippen LogP contribution in [0.3, 0.4) is 0 Å². The van der Waals surface area contributed by atoms with Gasteiger partial charge in [-0.2, -0.15) is 0 Å². The highest BCUT2D eigenvalue weighted by atomic mass is 32.1. The van der Waals surface area contributed by atoms with Gasteiger partial charge < -0.3 is 19.3 Å². The van der Waals surface area contributed by atoms with E-state index >= 15 is 0 Å². The van der Waals surface area contributed by atoms with E-state index in [1.807, 2.05) is 20.8 Å². The second-order valence-electron chi connectivity index (χ2n) is 8.77. The maximum absolute atomic E-state index is 13.2. The molecule has 180 valence electrons. The van der Waals surface area contributed by atoms with E-state index in [1.54, 1.807) is 34.9 Å². The number of aromatic hydroxyl groups is 1. The molecule has 0 fully saturated rings. The summed E-state index contributed by atoms with van der Waals surface area (Å²) in [5.41, 5.74) is 0.373. The zero-order valence-corrected chi connectivity index (χ0v) is 20.3. The maximum atomic E-state index is 13.2. The standard InChI is InChI=1S/C24H27FN4O4S/c1-13(2)28-11-17(9-14(3)33-4)29-12-18(21(30)22(31)20(29)24(28)32)23-27-26-19(34-23)10-15-5-7-16(25)8-6-15/h5-8,12-14,17,31H,9-11H2,1-4H3/t14-,17+/m1/s1. The zero-order valence-electron chi connectivity index (χ0n) is 19.5. The van der Waals surface area contributed by atoms with Gasteiger partial charge in [-0.1, -0.05) is 23.5 Å². The molecule has 1 N–H and O–H groups in total. The molecule has 1 aliphatic rings. The second kappa shape index (κ2) is 9.63. The molecule has 0 bridgehead atoms. The average molecular weight is 487 g/mol. The first-order valence-electron chi connectivity index (χ1n) is 11.1. The summed E-state index contributed by atoms with van der Waals surface area (Å²) < 4.78 is 20.3. The smallest absolute Gasteiger partial charge is 0.274 e. The summed E-state index contributed by atoms with van der Waals surface area (Å²) in [7, 11) is 1.62. The average Bonchev–Trinajstić information content (AvgIpc) is 3.26. The van der Waals surface area contributed by atoms with Crippen molar-refractivity contribution in [2.75, 3.05) is 13.7 Å². The molecular formula is C24H27FN4O4S. The minimum absolute atomic E-state index is 0.0157. The first-order valence-corrected chi connectivity index (χ1v) is 11.9. The fourth-order valence-electron chi connectivity index (χ4n) is 4.13. The van der Waals surface area contributed by atoms with Crippen LogP contribution in [0, 0.1) is 5.82 Å². The van der Waals surface area contributed by atoms with E-state index in [1.165, 1.54) is 23.5 Å². The van der Waals surface area contributed by atoms with Crippen LogP contribution in [-0.2, 0) is 11.2 Å². The minimum Gasteiger partial charge on any atom is -0.503 e. The third-order valence-electron chi connectivity index (χ3n) is 6.07. The highest BCUT2D eigenvalue weighted by Crippen LogP contribution is 2.33. The van der Waals surface area contributed by atoms with Crippen molar-refractivity contribution in [1.29, 1.82) is 0 Å². The third kappa shape index (κ3) is 4.60. The molecule has 0 saturated heterocycles. The van der Waals surface area contributed by atoms with Crippen LogP contribution < -0.4 is 5.43 Å². The number of ether oxygens (including phenoxy) is 1. The lowest BCUT2D eigenvalue weighted by Gasteiger charge is -2.39. The van der Waals surface area contributed by atoms with E-state index < -0.39 is 11.2 Å². The Morgan fingerprint density at radius 1 is 1.21 bits per heavy atom. The molecular weight excluding hydrogens is 459 g/mol. The van der Waals surface area contributed by atoms with Crippen molar-refractivity contribution in [3.63, 3.8) is 0 Å². The number of pyridine rings is 1. The first-order chi connectivity index (χ1) is 16.2. The van der Waals surface area contributed by atoms with Crippen molar-refractivity contribution < 1.29 is 19.0 Å². The number of rotatable bonds is 7. The Morgan fingerprint density at radius 3 is 2.56 bits per heavy atom. The molecule has 1 aliphatic heterocycles. The Bertz CT molecular complexity index is 1250. The van der Waals surface area contributed by atoms with Gasteiger partial charge >= 0.3 is 0 Å². The van der Waals surface area contributed by atoms with Gasteiger partial charge in [0.05, 0.1) is 17.7 Å². The van der Waals surface area contributed by atoms with E-state index in [0.717, 1.165) is 5.56 Å². The lowest BCUT2D eigenvalue weighted by Crippen LogP contribution is -2.48. The van der Waals surface area contributed by atoms with Crippen LogP contribution in [0.4, 0.5) is 4.39 Å². The fraction of sp³-hybridized carbons (Fsp3) is 0.417. The van der Waals surface area contributed by atoms with E-state index in [2.05, 4.69) is 10.2 Å². The molecule has 4 rings (SSSR count). The quantitative estimate of drug-likeness (QED) is 0.548. The largest absolute Gasteiger partial charge is 0.503 e. The van der Waals surface area contributed by atoms with Crippen molar-refractivity contribution in [2.24, 2.45) is 0 Å². The predicted molar refractivity (Wildman–Crippen MR) is 127 cm³/mol. The van der Waals surface area contributed by atoms with E-state index in [9.17, 15) is 19.1 Å². The van der Waals surface area contributed by atoms with Crippen LogP contribution in [0.5, 0.6) is 5.75 Å². The summed E-state index contributed by atoms with van der Waals surface area (Å²) in [6.07, 6.45) is 2.54. The summed E-state index contributed by atoms with van der Waals surface area (Å²) in [5, 5.41) is 20.2. The summed E-state index contributed by atoms with van der Waals surface area (Å²) in [5.74, 6) is -1.29. The monoisotopic (exact) mass is 486 g/mol. The molecule has 3 heterocycles. The Balaban J connectivity index is 1.75. The molecule has 3 aromatic rings. The number of halogens is 1. The predicted octanol–water partition coefficient (Wildman–Crippen LogP) is 3.63. The van der Waals surface area contributed by atoms with Crippen molar-refractivity contribution in [2.45, 2.75) is 51.8 Å². The van der Waals surface area contributed by atoms with Gasteiger partial charge in [0.1, 0.15) is 10.8 Å². The zero-order chi connectivity index (χ0) is 24.6. The number of carbonyl (C=O) groups excluding carboxylic acids is 1. The number of hydrogen-bond acceptors (Lipinski definition) is 7. The molecule has 2 atom stereocenters. The summed E-state index contributed by atoms with van der Waals surface area (Å²) >= 11 is 1.22. The number of fused-ring (bicyclic) bond motifs is 1. The van der Waals surface area contributed by atoms with Gasteiger partial charge in [-0.15, -0.1) is 10.2 Å². The number of hydrogen-bond donors (Lipinski definition) is 1. The SMILES string of the molecule is CO[C@H](C)C[C@H]1CN(C(C)C)C(=O)c2c(O)c(=O)c(-c3nnc(Cc4ccc(F)cc4)s3)cn21. The number of methoxy groups -OCH3 is 1. The number of carbonyl (C=O) groups is 1. The van der Waals surface area contributed by atoms with Gasteiger partial charge in [-0.3, -0.25) is 9.59 Å². The Labute approximate surface area is 200 Å². The molecule has 8 nitrogen and oxygen atoms in total. The van der Waals surface area contributed by atoms with Gasteiger partial charge in [0, 0.05) is 32.3 Å². The van der Waals surface area contributed by atoms with E-state index in [4.69, 9.17) is 4.74 Å². The Kier molecular flexibility index (Phi) is 6.81. The molecule has 0 unspecified atom stereocenters. The van der Waals surface area contributed by atoms with Gasteiger partial charge in [-0.25, -0.2) is 4.39 Å². The van der Waals surface area contributed by atoms with Crippen LogP contribution >= 0.6 is 11.3 Å². The van der Waals surface area contributed by atoms with Gasteiger partial charge in [0.15, 0.2) is 16.5 Å². The van der Waals surface area contributed by atoms with Gasteiger partial charge in [0.25, 0.3) is 5.91 Å². The summed E-state index contributed by atoms with van der Waals surface area (Å²) in [6, 6.07) is 5.82. The second-order valence-corrected chi connectivity index (χ2v) is 9.83. The fourth-order valence-corrected chi connectivity index (χ4v) is 5.01. The van der Waals surface area contributed by atoms with Gasteiger partial charge in [0.2, 0.25) is 5.43 Å². The summed E-state index contributed by atoms with van der Waals surface area (Å²) in [4.78, 5) is 27.9. The molecule has 1 aromatic carbocycles. The van der Waals surface area contributed by atoms with Crippen molar-refractivity contribution >= 4 is 17.2 Å². The molecule has 0 aliphatic carbocycles. The number of benzene rings is 1. The molecule has 0 saturated carbocycles. The molecule has 2 aromatic heterocycles. The maximum Gasteiger partial charge on any atom is 0.274 e. The van der Waals surface area contributed by atoms with Crippen LogP contribution in [0.1, 0.15) is 54.3 Å². The van der Waals surface area contributed by atoms with E-state index in [0.29, 0.717) is 29.4 Å². The van der Waals surface area contributed by atoms with Crippen molar-refractivity contribution in [3.05, 3.63) is 62.8 Å². The lowest BCUT2D eigenvalue weighted by atomic mass is 10.0. The van der Waals surface area contributed by atoms with E-state index in [-0.39, 0.29) is 41.2 Å². The number of amides is 1. The highest BCUT2D eigenvalue weighted by molar-refractivity contribution is 7.14. The summed E-state index contributed by atoms with van der Waals surface area (Å²) in [6.45, 7) is 6.17. The number of nitrogens with zero attached hydrogens (tertiary/aromatic N) is 4. The molecule has 10 heteroatoms. The first kappa shape index (κ1) is 24.0.